The van der Waals surface area contributed by atoms with E-state index in [4.69, 9.17) is 27.9 Å². The molecule has 25 heavy (non-hydrogen) atoms. The second kappa shape index (κ2) is 9.98. The Morgan fingerprint density at radius 1 is 1.16 bits per heavy atom. The third kappa shape index (κ3) is 6.61. The average molecular weight is 408 g/mol. The van der Waals surface area contributed by atoms with Crippen LogP contribution >= 0.6 is 35.6 Å². The van der Waals surface area contributed by atoms with Gasteiger partial charge in [-0.2, -0.15) is 0 Å². The molecule has 1 aliphatic heterocycles. The Bertz CT molecular complexity index is 573. The lowest BCUT2D eigenvalue weighted by Crippen LogP contribution is -2.44. The van der Waals surface area contributed by atoms with Gasteiger partial charge in [-0.15, -0.1) is 12.4 Å². The standard InChI is InChI=1S/C18H24Cl2N2O2.ClH/c19-16-4-3-14(9-17(16)20)12-24-15-5-7-22(8-6-15)18(23)11-21-10-13-1-2-13;/h3-4,9,13,15,21H,1-2,5-8,10-12H2;1H. The smallest absolute Gasteiger partial charge is 0.236 e. The number of amides is 1. The molecule has 1 N–H and O–H groups in total. The normalized spacial score (nSPS) is 18.1. The van der Waals surface area contributed by atoms with Gasteiger partial charge in [0, 0.05) is 13.1 Å². The van der Waals surface area contributed by atoms with Crippen LogP contribution in [0.25, 0.3) is 0 Å². The van der Waals surface area contributed by atoms with Gasteiger partial charge in [0.05, 0.1) is 29.3 Å². The van der Waals surface area contributed by atoms with Gasteiger partial charge in [0.25, 0.3) is 0 Å². The first-order chi connectivity index (χ1) is 11.6. The van der Waals surface area contributed by atoms with Crippen molar-refractivity contribution in [1.82, 2.24) is 10.2 Å². The largest absolute Gasteiger partial charge is 0.373 e. The van der Waals surface area contributed by atoms with E-state index in [1.54, 1.807) is 6.07 Å². The van der Waals surface area contributed by atoms with E-state index in [0.717, 1.165) is 44.0 Å². The van der Waals surface area contributed by atoms with Gasteiger partial charge in [-0.05, 0) is 55.8 Å². The molecule has 4 nitrogen and oxygen atoms in total. The Hall–Kier alpha value is -0.520. The number of ether oxygens (including phenoxy) is 1. The Morgan fingerprint density at radius 3 is 2.52 bits per heavy atom. The van der Waals surface area contributed by atoms with Crippen LogP contribution in [0.3, 0.4) is 0 Å². The van der Waals surface area contributed by atoms with Crippen LogP contribution in [0.1, 0.15) is 31.2 Å². The molecule has 1 aromatic carbocycles. The van der Waals surface area contributed by atoms with Crippen LogP contribution in [0.2, 0.25) is 10.0 Å². The highest BCUT2D eigenvalue weighted by Crippen LogP contribution is 2.27. The number of piperidine rings is 1. The lowest BCUT2D eigenvalue weighted by atomic mass is 10.1. The summed E-state index contributed by atoms with van der Waals surface area (Å²) in [5.74, 6) is 1.01. The fourth-order valence-electron chi connectivity index (χ4n) is 2.93. The molecule has 0 spiro atoms. The molecular weight excluding hydrogens is 383 g/mol. The minimum atomic E-state index is 0. The van der Waals surface area contributed by atoms with E-state index in [1.165, 1.54) is 12.8 Å². The van der Waals surface area contributed by atoms with Gasteiger partial charge in [-0.25, -0.2) is 0 Å². The minimum Gasteiger partial charge on any atom is -0.373 e. The molecule has 0 radical (unpaired) electrons. The van der Waals surface area contributed by atoms with E-state index in [2.05, 4.69) is 5.32 Å². The van der Waals surface area contributed by atoms with Crippen molar-refractivity contribution in [2.45, 2.75) is 38.4 Å². The molecule has 7 heteroatoms. The van der Waals surface area contributed by atoms with Gasteiger partial charge in [0.15, 0.2) is 0 Å². The molecule has 3 rings (SSSR count). The predicted octanol–water partition coefficient (Wildman–Crippen LogP) is 3.92. The van der Waals surface area contributed by atoms with E-state index >= 15 is 0 Å². The van der Waals surface area contributed by atoms with Crippen LogP contribution in [-0.2, 0) is 16.1 Å². The number of nitrogens with zero attached hydrogens (tertiary/aromatic N) is 1. The Balaban J connectivity index is 0.00000225. The lowest BCUT2D eigenvalue weighted by molar-refractivity contribution is -0.133. The molecule has 1 saturated heterocycles. The molecule has 0 aromatic heterocycles. The highest BCUT2D eigenvalue weighted by atomic mass is 35.5. The van der Waals surface area contributed by atoms with Gasteiger partial charge < -0.3 is 15.0 Å². The third-order valence-corrected chi connectivity index (χ3v) is 5.41. The highest BCUT2D eigenvalue weighted by molar-refractivity contribution is 6.42. The summed E-state index contributed by atoms with van der Waals surface area (Å²) in [6, 6.07) is 5.56. The van der Waals surface area contributed by atoms with Crippen molar-refractivity contribution >= 4 is 41.5 Å². The number of hydrogen-bond acceptors (Lipinski definition) is 3. The van der Waals surface area contributed by atoms with Crippen LogP contribution in [0.15, 0.2) is 18.2 Å². The molecule has 1 amide bonds. The van der Waals surface area contributed by atoms with Crippen molar-refractivity contribution in [1.29, 1.82) is 0 Å². The van der Waals surface area contributed by atoms with Gasteiger partial charge in [-0.1, -0.05) is 29.3 Å². The number of rotatable bonds is 7. The monoisotopic (exact) mass is 406 g/mol. The lowest BCUT2D eigenvalue weighted by Gasteiger charge is -2.32. The molecular formula is C18H25Cl3N2O2. The van der Waals surface area contributed by atoms with Crippen molar-refractivity contribution in [3.63, 3.8) is 0 Å². The van der Waals surface area contributed by atoms with Crippen molar-refractivity contribution in [3.05, 3.63) is 33.8 Å². The Kier molecular flexibility index (Phi) is 8.30. The maximum absolute atomic E-state index is 12.2. The summed E-state index contributed by atoms with van der Waals surface area (Å²) in [5.41, 5.74) is 1.02. The van der Waals surface area contributed by atoms with Crippen LogP contribution in [0.4, 0.5) is 0 Å². The maximum atomic E-state index is 12.2. The van der Waals surface area contributed by atoms with Crippen LogP contribution in [-0.4, -0.2) is 43.1 Å². The molecule has 0 unspecified atom stereocenters. The summed E-state index contributed by atoms with van der Waals surface area (Å²) in [7, 11) is 0. The number of hydrogen-bond donors (Lipinski definition) is 1. The molecule has 2 aliphatic rings. The van der Waals surface area contributed by atoms with E-state index in [9.17, 15) is 4.79 Å². The van der Waals surface area contributed by atoms with Gasteiger partial charge >= 0.3 is 0 Å². The van der Waals surface area contributed by atoms with E-state index < -0.39 is 0 Å². The fourth-order valence-corrected chi connectivity index (χ4v) is 3.25. The van der Waals surface area contributed by atoms with Gasteiger partial charge in [-0.3, -0.25) is 4.79 Å². The number of carbonyl (C=O) groups excluding carboxylic acids is 1. The van der Waals surface area contributed by atoms with Gasteiger partial charge in [0.1, 0.15) is 0 Å². The second-order valence-electron chi connectivity index (χ2n) is 6.71. The summed E-state index contributed by atoms with van der Waals surface area (Å²) in [6.07, 6.45) is 4.58. The zero-order valence-electron chi connectivity index (χ0n) is 14.2. The van der Waals surface area contributed by atoms with E-state index in [0.29, 0.717) is 23.2 Å². The molecule has 1 saturated carbocycles. The first-order valence-corrected chi connectivity index (χ1v) is 9.41. The number of benzene rings is 1. The summed E-state index contributed by atoms with van der Waals surface area (Å²) in [5, 5.41) is 4.38. The van der Waals surface area contributed by atoms with Gasteiger partial charge in [0.2, 0.25) is 5.91 Å². The molecule has 0 bridgehead atoms. The molecule has 1 aromatic rings. The summed E-state index contributed by atoms with van der Waals surface area (Å²) < 4.78 is 5.96. The van der Waals surface area contributed by atoms with Crippen LogP contribution < -0.4 is 5.32 Å². The zero-order chi connectivity index (χ0) is 16.9. The predicted molar refractivity (Wildman–Crippen MR) is 104 cm³/mol. The summed E-state index contributed by atoms with van der Waals surface area (Å²) >= 11 is 11.9. The van der Waals surface area contributed by atoms with Crippen molar-refractivity contribution in [2.24, 2.45) is 5.92 Å². The first-order valence-electron chi connectivity index (χ1n) is 8.66. The fraction of sp³-hybridized carbons (Fsp3) is 0.611. The topological polar surface area (TPSA) is 41.6 Å². The molecule has 0 atom stereocenters. The first kappa shape index (κ1) is 20.8. The summed E-state index contributed by atoms with van der Waals surface area (Å²) in [4.78, 5) is 14.1. The van der Waals surface area contributed by atoms with Crippen LogP contribution in [0, 0.1) is 5.92 Å². The van der Waals surface area contributed by atoms with Crippen molar-refractivity contribution in [2.75, 3.05) is 26.2 Å². The average Bonchev–Trinajstić information content (AvgIpc) is 3.40. The third-order valence-electron chi connectivity index (χ3n) is 4.67. The molecule has 1 aliphatic carbocycles. The maximum Gasteiger partial charge on any atom is 0.236 e. The van der Waals surface area contributed by atoms with Crippen molar-refractivity contribution < 1.29 is 9.53 Å². The molecule has 140 valence electrons. The number of likely N-dealkylation sites (tertiary alicyclic amines) is 1. The van der Waals surface area contributed by atoms with Crippen LogP contribution in [0.5, 0.6) is 0 Å². The summed E-state index contributed by atoms with van der Waals surface area (Å²) in [6.45, 7) is 3.52. The van der Waals surface area contributed by atoms with E-state index in [-0.39, 0.29) is 24.4 Å². The highest BCUT2D eigenvalue weighted by Gasteiger charge is 2.24. The van der Waals surface area contributed by atoms with E-state index in [1.807, 2.05) is 17.0 Å². The second-order valence-corrected chi connectivity index (χ2v) is 7.53. The molecule has 1 heterocycles. The number of halogens is 3. The SMILES string of the molecule is Cl.O=C(CNCC1CC1)N1CCC(OCc2ccc(Cl)c(Cl)c2)CC1. The van der Waals surface area contributed by atoms with Crippen molar-refractivity contribution in [3.8, 4) is 0 Å². The zero-order valence-corrected chi connectivity index (χ0v) is 16.5. The Labute approximate surface area is 165 Å². The number of carbonyl (C=O) groups is 1. The molecule has 2 fully saturated rings. The minimum absolute atomic E-state index is 0. The quantitative estimate of drug-likeness (QED) is 0.745. The Morgan fingerprint density at radius 2 is 1.88 bits per heavy atom. The number of nitrogens with one attached hydrogen (secondary N) is 1.